The molecule has 0 saturated carbocycles. The number of halogens is 1. The monoisotopic (exact) mass is 354 g/mol. The number of carbonyl (C=O) groups is 1. The molecule has 0 saturated heterocycles. The minimum Gasteiger partial charge on any atom is -0.462 e. The third kappa shape index (κ3) is 4.73. The van der Waals surface area contributed by atoms with E-state index in [2.05, 4.69) is 0 Å². The molecule has 5 nitrogen and oxygen atoms in total. The second-order valence-electron chi connectivity index (χ2n) is 5.67. The molecule has 0 unspecified atom stereocenters. The van der Waals surface area contributed by atoms with E-state index in [9.17, 15) is 4.79 Å². The van der Waals surface area contributed by atoms with Crippen molar-refractivity contribution in [3.8, 4) is 23.5 Å². The van der Waals surface area contributed by atoms with Gasteiger partial charge in [-0.2, -0.15) is 10.5 Å². The standard InChI is InChI=1S/C19H15ClN2O3/c1-12(2)11-24-19(23)16-8-14(3-5-17(16)20)18-6-4-15(25-18)7-13(9-21)10-22/h3-8,12H,11H2,1-2H3. The molecule has 0 aliphatic heterocycles. The Labute approximate surface area is 150 Å². The average Bonchev–Trinajstić information content (AvgIpc) is 3.06. The fourth-order valence-corrected chi connectivity index (χ4v) is 2.17. The number of benzene rings is 1. The smallest absolute Gasteiger partial charge is 0.339 e. The van der Waals surface area contributed by atoms with E-state index in [-0.39, 0.29) is 17.1 Å². The highest BCUT2D eigenvalue weighted by Gasteiger charge is 2.15. The number of nitrogens with zero attached hydrogens (tertiary/aromatic N) is 2. The molecule has 2 rings (SSSR count). The van der Waals surface area contributed by atoms with Crippen molar-refractivity contribution in [2.75, 3.05) is 6.61 Å². The molecule has 0 radical (unpaired) electrons. The zero-order valence-corrected chi connectivity index (χ0v) is 14.5. The lowest BCUT2D eigenvalue weighted by Crippen LogP contribution is -2.10. The Balaban J connectivity index is 2.30. The number of furan rings is 1. The van der Waals surface area contributed by atoms with E-state index in [1.54, 1.807) is 42.5 Å². The lowest BCUT2D eigenvalue weighted by molar-refractivity contribution is 0.0459. The SMILES string of the molecule is CC(C)COC(=O)c1cc(-c2ccc(C=C(C#N)C#N)o2)ccc1Cl. The van der Waals surface area contributed by atoms with Crippen molar-refractivity contribution in [3.05, 3.63) is 52.3 Å². The Kier molecular flexibility index (Phi) is 6.00. The van der Waals surface area contributed by atoms with Crippen LogP contribution in [-0.4, -0.2) is 12.6 Å². The number of rotatable bonds is 5. The van der Waals surface area contributed by atoms with Gasteiger partial charge in [-0.05, 0) is 36.2 Å². The van der Waals surface area contributed by atoms with Crippen molar-refractivity contribution in [3.63, 3.8) is 0 Å². The van der Waals surface area contributed by atoms with Gasteiger partial charge in [0.1, 0.15) is 29.2 Å². The Morgan fingerprint density at radius 1 is 1.28 bits per heavy atom. The molecule has 0 atom stereocenters. The van der Waals surface area contributed by atoms with E-state index in [1.165, 1.54) is 6.08 Å². The fraction of sp³-hybridized carbons (Fsp3) is 0.211. The second-order valence-corrected chi connectivity index (χ2v) is 6.08. The summed E-state index contributed by atoms with van der Waals surface area (Å²) in [5.41, 5.74) is 0.828. The van der Waals surface area contributed by atoms with Crippen LogP contribution in [0.25, 0.3) is 17.4 Å². The number of hydrogen-bond donors (Lipinski definition) is 0. The lowest BCUT2D eigenvalue weighted by Gasteiger charge is -2.09. The third-order valence-electron chi connectivity index (χ3n) is 3.17. The van der Waals surface area contributed by atoms with Crippen LogP contribution in [0.5, 0.6) is 0 Å². The third-order valence-corrected chi connectivity index (χ3v) is 3.50. The summed E-state index contributed by atoms with van der Waals surface area (Å²) in [6, 6.07) is 11.7. The predicted molar refractivity (Wildman–Crippen MR) is 93.5 cm³/mol. The maximum Gasteiger partial charge on any atom is 0.339 e. The first-order chi connectivity index (χ1) is 11.9. The van der Waals surface area contributed by atoms with Gasteiger partial charge in [-0.1, -0.05) is 25.4 Å². The Bertz CT molecular complexity index is 882. The van der Waals surface area contributed by atoms with E-state index in [0.717, 1.165) is 0 Å². The van der Waals surface area contributed by atoms with Crippen LogP contribution in [0, 0.1) is 28.6 Å². The van der Waals surface area contributed by atoms with Crippen molar-refractivity contribution in [1.82, 2.24) is 0 Å². The molecular weight excluding hydrogens is 340 g/mol. The molecule has 0 aliphatic carbocycles. The van der Waals surface area contributed by atoms with E-state index >= 15 is 0 Å². The average molecular weight is 355 g/mol. The van der Waals surface area contributed by atoms with Crippen LogP contribution in [0.1, 0.15) is 30.0 Å². The summed E-state index contributed by atoms with van der Waals surface area (Å²) in [5.74, 6) is 0.575. The van der Waals surface area contributed by atoms with Gasteiger partial charge in [0.25, 0.3) is 0 Å². The molecule has 1 heterocycles. The van der Waals surface area contributed by atoms with Crippen LogP contribution >= 0.6 is 11.6 Å². The van der Waals surface area contributed by atoms with Crippen LogP contribution in [-0.2, 0) is 4.74 Å². The van der Waals surface area contributed by atoms with Crippen LogP contribution in [0.2, 0.25) is 5.02 Å². The first-order valence-corrected chi connectivity index (χ1v) is 7.91. The summed E-state index contributed by atoms with van der Waals surface area (Å²) in [6.07, 6.45) is 1.34. The number of ether oxygens (including phenoxy) is 1. The van der Waals surface area contributed by atoms with Crippen molar-refractivity contribution in [1.29, 1.82) is 10.5 Å². The normalized spacial score (nSPS) is 10.0. The summed E-state index contributed by atoms with van der Waals surface area (Å²) in [4.78, 5) is 12.2. The summed E-state index contributed by atoms with van der Waals surface area (Å²) in [7, 11) is 0. The van der Waals surface area contributed by atoms with Gasteiger partial charge < -0.3 is 9.15 Å². The first-order valence-electron chi connectivity index (χ1n) is 7.53. The Morgan fingerprint density at radius 2 is 2.00 bits per heavy atom. The van der Waals surface area contributed by atoms with E-state index in [1.807, 2.05) is 13.8 Å². The molecule has 0 spiro atoms. The molecule has 6 heteroatoms. The zero-order valence-electron chi connectivity index (χ0n) is 13.7. The van der Waals surface area contributed by atoms with E-state index in [0.29, 0.717) is 28.7 Å². The zero-order chi connectivity index (χ0) is 18.4. The van der Waals surface area contributed by atoms with Crippen molar-refractivity contribution < 1.29 is 13.9 Å². The molecule has 2 aromatic rings. The molecule has 0 N–H and O–H groups in total. The number of allylic oxidation sites excluding steroid dienone is 1. The topological polar surface area (TPSA) is 87.0 Å². The number of carbonyl (C=O) groups excluding carboxylic acids is 1. The van der Waals surface area contributed by atoms with Gasteiger partial charge in [0.05, 0.1) is 17.2 Å². The van der Waals surface area contributed by atoms with Crippen LogP contribution < -0.4 is 0 Å². The van der Waals surface area contributed by atoms with Gasteiger partial charge in [-0.25, -0.2) is 4.79 Å². The number of nitriles is 2. The highest BCUT2D eigenvalue weighted by molar-refractivity contribution is 6.33. The van der Waals surface area contributed by atoms with Gasteiger partial charge >= 0.3 is 5.97 Å². The van der Waals surface area contributed by atoms with Gasteiger partial charge in [0.2, 0.25) is 0 Å². The molecule has 0 fully saturated rings. The fourth-order valence-electron chi connectivity index (χ4n) is 1.97. The Morgan fingerprint density at radius 3 is 2.64 bits per heavy atom. The molecule has 1 aromatic carbocycles. The number of hydrogen-bond acceptors (Lipinski definition) is 5. The van der Waals surface area contributed by atoms with Crippen LogP contribution in [0.3, 0.4) is 0 Å². The van der Waals surface area contributed by atoms with Gasteiger partial charge in [-0.3, -0.25) is 0 Å². The molecule has 25 heavy (non-hydrogen) atoms. The lowest BCUT2D eigenvalue weighted by atomic mass is 10.1. The molecular formula is C19H15ClN2O3. The van der Waals surface area contributed by atoms with Gasteiger partial charge in [-0.15, -0.1) is 0 Å². The summed E-state index contributed by atoms with van der Waals surface area (Å²) in [5, 5.41) is 17.9. The van der Waals surface area contributed by atoms with Crippen molar-refractivity contribution in [2.45, 2.75) is 13.8 Å². The molecule has 0 aliphatic rings. The van der Waals surface area contributed by atoms with Crippen LogP contribution in [0.15, 0.2) is 40.3 Å². The minimum absolute atomic E-state index is 0.0602. The van der Waals surface area contributed by atoms with Gasteiger partial charge in [0.15, 0.2) is 0 Å². The molecule has 0 amide bonds. The summed E-state index contributed by atoms with van der Waals surface area (Å²) >= 11 is 6.09. The largest absolute Gasteiger partial charge is 0.462 e. The van der Waals surface area contributed by atoms with Gasteiger partial charge in [0, 0.05) is 11.6 Å². The molecule has 1 aromatic heterocycles. The number of esters is 1. The summed E-state index contributed by atoms with van der Waals surface area (Å²) in [6.45, 7) is 4.19. The minimum atomic E-state index is -0.497. The first kappa shape index (κ1) is 18.3. The highest BCUT2D eigenvalue weighted by Crippen LogP contribution is 2.28. The quantitative estimate of drug-likeness (QED) is 0.566. The molecule has 126 valence electrons. The van der Waals surface area contributed by atoms with Crippen molar-refractivity contribution >= 4 is 23.6 Å². The maximum atomic E-state index is 12.2. The summed E-state index contributed by atoms with van der Waals surface area (Å²) < 4.78 is 10.8. The van der Waals surface area contributed by atoms with Crippen molar-refractivity contribution in [2.24, 2.45) is 5.92 Å². The molecule has 0 bridgehead atoms. The predicted octanol–water partition coefficient (Wildman–Crippen LogP) is 4.84. The van der Waals surface area contributed by atoms with E-state index < -0.39 is 5.97 Å². The Hall–Kier alpha value is -3.02. The van der Waals surface area contributed by atoms with E-state index in [4.69, 9.17) is 31.3 Å². The second kappa shape index (κ2) is 8.19. The van der Waals surface area contributed by atoms with Crippen LogP contribution in [0.4, 0.5) is 0 Å². The maximum absolute atomic E-state index is 12.2. The highest BCUT2D eigenvalue weighted by atomic mass is 35.5.